The third-order valence-electron chi connectivity index (χ3n) is 5.26. The fourth-order valence-corrected chi connectivity index (χ4v) is 4.05. The van der Waals surface area contributed by atoms with Crippen molar-refractivity contribution in [1.82, 2.24) is 20.3 Å². The summed E-state index contributed by atoms with van der Waals surface area (Å²) >= 11 is 12.1. The molecule has 2 amide bonds. The van der Waals surface area contributed by atoms with Gasteiger partial charge >= 0.3 is 0 Å². The van der Waals surface area contributed by atoms with Crippen molar-refractivity contribution in [3.05, 3.63) is 46.1 Å². The van der Waals surface area contributed by atoms with Gasteiger partial charge in [-0.25, -0.2) is 4.68 Å². The number of aromatic nitrogens is 3. The number of aliphatic hydroxyl groups excluding tert-OH is 1. The molecule has 3 heterocycles. The predicted octanol–water partition coefficient (Wildman–Crippen LogP) is 2.16. The maximum Gasteiger partial charge on any atom is 0.253 e. The second kappa shape index (κ2) is 7.87. The molecule has 0 spiro atoms. The lowest BCUT2D eigenvalue weighted by Crippen LogP contribution is -2.44. The van der Waals surface area contributed by atoms with Crippen LogP contribution in [0.2, 0.25) is 10.0 Å². The molecule has 2 aliphatic heterocycles. The second-order valence-electron chi connectivity index (χ2n) is 7.09. The Morgan fingerprint density at radius 3 is 2.83 bits per heavy atom. The van der Waals surface area contributed by atoms with E-state index in [-0.39, 0.29) is 12.6 Å². The molecular formula is C19H18Cl2N4O4. The average Bonchev–Trinajstić information content (AvgIpc) is 3.33. The van der Waals surface area contributed by atoms with Crippen LogP contribution in [0.25, 0.3) is 11.3 Å². The van der Waals surface area contributed by atoms with Crippen LogP contribution in [-0.4, -0.2) is 50.7 Å². The van der Waals surface area contributed by atoms with Crippen LogP contribution in [0.4, 0.5) is 0 Å². The zero-order valence-electron chi connectivity index (χ0n) is 15.4. The Balaban J connectivity index is 1.64. The number of hydrogen-bond donors (Lipinski definition) is 2. The molecule has 2 aromatic rings. The minimum Gasteiger partial charge on any atom is -0.394 e. The van der Waals surface area contributed by atoms with Crippen molar-refractivity contribution < 1.29 is 19.4 Å². The molecule has 1 fully saturated rings. The predicted molar refractivity (Wildman–Crippen MR) is 105 cm³/mol. The molecule has 10 heteroatoms. The topological polar surface area (TPSA) is 106 Å². The zero-order chi connectivity index (χ0) is 20.7. The zero-order valence-corrected chi connectivity index (χ0v) is 16.9. The summed E-state index contributed by atoms with van der Waals surface area (Å²) in [5.41, 5.74) is 1.91. The fraction of sp³-hybridized carbons (Fsp3) is 0.368. The molecule has 2 aliphatic rings. The summed E-state index contributed by atoms with van der Waals surface area (Å²) in [6.07, 6.45) is 2.54. The molecule has 1 unspecified atom stereocenters. The van der Waals surface area contributed by atoms with Gasteiger partial charge in [0.05, 0.1) is 46.6 Å². The van der Waals surface area contributed by atoms with Gasteiger partial charge in [-0.2, -0.15) is 0 Å². The molecule has 152 valence electrons. The van der Waals surface area contributed by atoms with Crippen molar-refractivity contribution >= 4 is 35.0 Å². The van der Waals surface area contributed by atoms with Gasteiger partial charge in [0.1, 0.15) is 6.10 Å². The molecule has 1 aromatic carbocycles. The minimum atomic E-state index is -0.622. The van der Waals surface area contributed by atoms with Crippen molar-refractivity contribution in [3.8, 4) is 11.3 Å². The number of amides is 2. The highest BCUT2D eigenvalue weighted by atomic mass is 35.5. The Morgan fingerprint density at radius 1 is 1.31 bits per heavy atom. The van der Waals surface area contributed by atoms with E-state index in [0.29, 0.717) is 27.7 Å². The first-order valence-electron chi connectivity index (χ1n) is 9.04. The lowest BCUT2D eigenvalue weighted by atomic mass is 9.92. The average molecular weight is 437 g/mol. The van der Waals surface area contributed by atoms with Crippen molar-refractivity contribution in [3.63, 3.8) is 0 Å². The molecule has 2 N–H and O–H groups in total. The SMILES string of the molecule is CC1=CC([C@H]2C[C@H](n3nncc3-c3ccc(Cl)c(Cl)c3)[C@@H](CO)O2)C(=O)NC1=O. The summed E-state index contributed by atoms with van der Waals surface area (Å²) in [7, 11) is 0. The van der Waals surface area contributed by atoms with Crippen molar-refractivity contribution in [1.29, 1.82) is 0 Å². The van der Waals surface area contributed by atoms with E-state index < -0.39 is 29.9 Å². The number of halogens is 2. The number of hydrogen-bond acceptors (Lipinski definition) is 6. The quantitative estimate of drug-likeness (QED) is 0.711. The minimum absolute atomic E-state index is 0.252. The number of benzene rings is 1. The summed E-state index contributed by atoms with van der Waals surface area (Å²) in [6.45, 7) is 1.39. The van der Waals surface area contributed by atoms with Gasteiger partial charge in [0.25, 0.3) is 5.91 Å². The van der Waals surface area contributed by atoms with Gasteiger partial charge in [-0.05, 0) is 25.5 Å². The second-order valence-corrected chi connectivity index (χ2v) is 7.90. The third-order valence-corrected chi connectivity index (χ3v) is 6.00. The van der Waals surface area contributed by atoms with Crippen LogP contribution in [0, 0.1) is 5.92 Å². The number of rotatable bonds is 4. The van der Waals surface area contributed by atoms with Crippen LogP contribution < -0.4 is 5.32 Å². The highest BCUT2D eigenvalue weighted by molar-refractivity contribution is 6.42. The van der Waals surface area contributed by atoms with E-state index in [1.54, 1.807) is 42.1 Å². The normalized spacial score (nSPS) is 27.1. The van der Waals surface area contributed by atoms with E-state index in [2.05, 4.69) is 15.6 Å². The summed E-state index contributed by atoms with van der Waals surface area (Å²) < 4.78 is 7.64. The Labute approximate surface area is 176 Å². The maximum atomic E-state index is 12.3. The number of ether oxygens (including phenoxy) is 1. The lowest BCUT2D eigenvalue weighted by molar-refractivity contribution is -0.134. The van der Waals surface area contributed by atoms with E-state index >= 15 is 0 Å². The molecule has 8 nitrogen and oxygen atoms in total. The van der Waals surface area contributed by atoms with Crippen LogP contribution in [0.1, 0.15) is 19.4 Å². The number of nitrogens with zero attached hydrogens (tertiary/aromatic N) is 3. The molecular weight excluding hydrogens is 419 g/mol. The number of imide groups is 1. The van der Waals surface area contributed by atoms with Gasteiger partial charge in [0, 0.05) is 11.1 Å². The molecule has 1 saturated heterocycles. The first-order chi connectivity index (χ1) is 13.9. The van der Waals surface area contributed by atoms with Crippen LogP contribution in [0.15, 0.2) is 36.0 Å². The smallest absolute Gasteiger partial charge is 0.253 e. The largest absolute Gasteiger partial charge is 0.394 e. The van der Waals surface area contributed by atoms with Crippen LogP contribution >= 0.6 is 23.2 Å². The molecule has 0 bridgehead atoms. The molecule has 0 saturated carbocycles. The van der Waals surface area contributed by atoms with Crippen LogP contribution in [0.5, 0.6) is 0 Å². The fourth-order valence-electron chi connectivity index (χ4n) is 3.76. The van der Waals surface area contributed by atoms with Crippen molar-refractivity contribution in [2.45, 2.75) is 31.6 Å². The van der Waals surface area contributed by atoms with Gasteiger partial charge in [-0.1, -0.05) is 40.6 Å². The summed E-state index contributed by atoms with van der Waals surface area (Å²) in [4.78, 5) is 24.0. The summed E-state index contributed by atoms with van der Waals surface area (Å²) in [5.74, 6) is -1.44. The lowest BCUT2D eigenvalue weighted by Gasteiger charge is -2.23. The standard InChI is InChI=1S/C19H18Cl2N4O4/c1-9-4-11(19(28)23-18(9)27)16-6-14(17(8-26)29-16)25-15(7-22-24-25)10-2-3-12(20)13(21)5-10/h2-5,7,11,14,16-17,26H,6,8H2,1H3,(H,23,27,28)/t11?,14-,16+,17+/m0/s1. The van der Waals surface area contributed by atoms with E-state index in [9.17, 15) is 14.7 Å². The molecule has 0 radical (unpaired) electrons. The monoisotopic (exact) mass is 436 g/mol. The van der Waals surface area contributed by atoms with Gasteiger partial charge in [-0.3, -0.25) is 14.9 Å². The molecule has 0 aliphatic carbocycles. The number of aliphatic hydroxyl groups is 1. The van der Waals surface area contributed by atoms with E-state index in [1.807, 2.05) is 0 Å². The Morgan fingerprint density at radius 2 is 2.10 bits per heavy atom. The molecule has 4 atom stereocenters. The van der Waals surface area contributed by atoms with Gasteiger partial charge in [0.2, 0.25) is 5.91 Å². The Kier molecular flexibility index (Phi) is 5.44. The van der Waals surface area contributed by atoms with Gasteiger partial charge < -0.3 is 9.84 Å². The number of carbonyl (C=O) groups excluding carboxylic acids is 2. The summed E-state index contributed by atoms with van der Waals surface area (Å²) in [5, 5.41) is 21.2. The van der Waals surface area contributed by atoms with Crippen molar-refractivity contribution in [2.24, 2.45) is 5.92 Å². The van der Waals surface area contributed by atoms with E-state index in [4.69, 9.17) is 27.9 Å². The van der Waals surface area contributed by atoms with E-state index in [0.717, 1.165) is 5.56 Å². The Hall–Kier alpha value is -2.26. The van der Waals surface area contributed by atoms with Gasteiger partial charge in [-0.15, -0.1) is 5.10 Å². The Bertz CT molecular complexity index is 1010. The maximum absolute atomic E-state index is 12.3. The highest BCUT2D eigenvalue weighted by Crippen LogP contribution is 2.38. The van der Waals surface area contributed by atoms with Crippen LogP contribution in [-0.2, 0) is 14.3 Å². The van der Waals surface area contributed by atoms with Gasteiger partial charge in [0.15, 0.2) is 0 Å². The third kappa shape index (κ3) is 3.69. The van der Waals surface area contributed by atoms with E-state index in [1.165, 1.54) is 0 Å². The first-order valence-corrected chi connectivity index (χ1v) is 9.80. The molecule has 29 heavy (non-hydrogen) atoms. The number of nitrogens with one attached hydrogen (secondary N) is 1. The molecule has 4 rings (SSSR count). The summed E-state index contributed by atoms with van der Waals surface area (Å²) in [6, 6.07) is 4.85. The molecule has 1 aromatic heterocycles. The van der Waals surface area contributed by atoms with Crippen LogP contribution in [0.3, 0.4) is 0 Å². The van der Waals surface area contributed by atoms with Crippen molar-refractivity contribution in [2.75, 3.05) is 6.61 Å². The highest BCUT2D eigenvalue weighted by Gasteiger charge is 2.44. The number of carbonyl (C=O) groups is 2. The first kappa shape index (κ1) is 20.0.